The van der Waals surface area contributed by atoms with Gasteiger partial charge in [0.15, 0.2) is 0 Å². The molecule has 2 amide bonds. The lowest BCUT2D eigenvalue weighted by molar-refractivity contribution is 0.154. The number of nitrogens with zero attached hydrogens (tertiary/aromatic N) is 2. The van der Waals surface area contributed by atoms with Crippen molar-refractivity contribution in [1.82, 2.24) is 9.80 Å². The summed E-state index contributed by atoms with van der Waals surface area (Å²) in [6.07, 6.45) is 7.88. The van der Waals surface area contributed by atoms with Crippen molar-refractivity contribution in [3.63, 3.8) is 0 Å². The standard InChI is InChI=1S/C26H46N4O4/c1-5-7-9-16-29(3)18-12-20-33-25(31)27-23-14-11-15-24(22-23)28-26(32)34-21-13-19-30(4)17-10-8-6-2/h11,14-15,22H,5-10,12-13,16-21H2,1-4H3,(H,27,31)(H,28,32). The monoisotopic (exact) mass is 478 g/mol. The third-order valence-electron chi connectivity index (χ3n) is 5.48. The summed E-state index contributed by atoms with van der Waals surface area (Å²) in [7, 11) is 4.18. The van der Waals surface area contributed by atoms with E-state index in [1.807, 2.05) is 0 Å². The van der Waals surface area contributed by atoms with Crippen LogP contribution >= 0.6 is 0 Å². The summed E-state index contributed by atoms with van der Waals surface area (Å²) in [4.78, 5) is 28.6. The normalized spacial score (nSPS) is 11.0. The minimum absolute atomic E-state index is 0.363. The Morgan fingerprint density at radius 2 is 1.12 bits per heavy atom. The van der Waals surface area contributed by atoms with Gasteiger partial charge in [0.2, 0.25) is 0 Å². The Morgan fingerprint density at radius 3 is 1.53 bits per heavy atom. The fourth-order valence-corrected chi connectivity index (χ4v) is 3.47. The number of rotatable bonds is 18. The van der Waals surface area contributed by atoms with Crippen molar-refractivity contribution in [2.75, 3.05) is 64.1 Å². The second kappa shape index (κ2) is 19.0. The Labute approximate surface area is 206 Å². The molecule has 1 rings (SSSR count). The molecule has 0 spiro atoms. The Kier molecular flexibility index (Phi) is 16.6. The molecule has 0 atom stereocenters. The third-order valence-corrected chi connectivity index (χ3v) is 5.48. The fraction of sp³-hybridized carbons (Fsp3) is 0.692. The van der Waals surface area contributed by atoms with Crippen molar-refractivity contribution in [1.29, 1.82) is 0 Å². The maximum absolute atomic E-state index is 12.1. The lowest BCUT2D eigenvalue weighted by atomic mass is 10.2. The highest BCUT2D eigenvalue weighted by Gasteiger charge is 2.08. The molecule has 0 aliphatic rings. The summed E-state index contributed by atoms with van der Waals surface area (Å²) < 4.78 is 10.5. The van der Waals surface area contributed by atoms with E-state index >= 15 is 0 Å². The molecule has 0 fully saturated rings. The van der Waals surface area contributed by atoms with Crippen molar-refractivity contribution in [3.05, 3.63) is 24.3 Å². The highest BCUT2D eigenvalue weighted by atomic mass is 16.6. The van der Waals surface area contributed by atoms with Gasteiger partial charge in [-0.15, -0.1) is 0 Å². The molecule has 0 aliphatic heterocycles. The second-order valence-corrected chi connectivity index (χ2v) is 8.83. The molecule has 2 N–H and O–H groups in total. The lowest BCUT2D eigenvalue weighted by Gasteiger charge is -2.16. The third kappa shape index (κ3) is 15.5. The molecule has 0 unspecified atom stereocenters. The Morgan fingerprint density at radius 1 is 0.706 bits per heavy atom. The molecule has 1 aromatic rings. The van der Waals surface area contributed by atoms with E-state index in [-0.39, 0.29) is 0 Å². The average Bonchev–Trinajstić information content (AvgIpc) is 2.80. The van der Waals surface area contributed by atoms with Crippen LogP contribution in [0.4, 0.5) is 21.0 Å². The molecule has 8 nitrogen and oxygen atoms in total. The topological polar surface area (TPSA) is 83.1 Å². The first kappa shape index (κ1) is 29.7. The molecule has 0 saturated carbocycles. The van der Waals surface area contributed by atoms with E-state index in [2.05, 4.69) is 48.4 Å². The van der Waals surface area contributed by atoms with Crippen LogP contribution in [-0.4, -0.2) is 75.5 Å². The van der Waals surface area contributed by atoms with E-state index in [0.29, 0.717) is 24.6 Å². The van der Waals surface area contributed by atoms with Crippen molar-refractivity contribution >= 4 is 23.6 Å². The van der Waals surface area contributed by atoms with Crippen LogP contribution in [-0.2, 0) is 9.47 Å². The number of nitrogens with one attached hydrogen (secondary N) is 2. The van der Waals surface area contributed by atoms with Crippen LogP contribution in [0.25, 0.3) is 0 Å². The smallest absolute Gasteiger partial charge is 0.411 e. The fourth-order valence-electron chi connectivity index (χ4n) is 3.47. The van der Waals surface area contributed by atoms with Gasteiger partial charge in [0.05, 0.1) is 13.2 Å². The zero-order valence-electron chi connectivity index (χ0n) is 21.7. The first-order chi connectivity index (χ1) is 16.4. The van der Waals surface area contributed by atoms with Gasteiger partial charge in [-0.1, -0.05) is 45.6 Å². The van der Waals surface area contributed by atoms with Crippen LogP contribution < -0.4 is 10.6 Å². The SMILES string of the molecule is CCCCCN(C)CCCOC(=O)Nc1cccc(NC(=O)OCCCN(C)CCCCC)c1. The van der Waals surface area contributed by atoms with Gasteiger partial charge in [0.1, 0.15) is 0 Å². The second-order valence-electron chi connectivity index (χ2n) is 8.83. The maximum Gasteiger partial charge on any atom is 0.411 e. The van der Waals surface area contributed by atoms with E-state index in [1.165, 1.54) is 38.5 Å². The molecule has 0 heterocycles. The molecule has 0 saturated heterocycles. The van der Waals surface area contributed by atoms with Gasteiger partial charge in [0.25, 0.3) is 0 Å². The molecule has 0 aromatic heterocycles. The Bertz CT molecular complexity index is 633. The summed E-state index contributed by atoms with van der Waals surface area (Å²) in [5.74, 6) is 0. The van der Waals surface area contributed by atoms with E-state index < -0.39 is 12.2 Å². The average molecular weight is 479 g/mol. The zero-order chi connectivity index (χ0) is 25.0. The lowest BCUT2D eigenvalue weighted by Crippen LogP contribution is -2.23. The Balaban J connectivity index is 2.23. The van der Waals surface area contributed by atoms with Gasteiger partial charge in [-0.3, -0.25) is 10.6 Å². The van der Waals surface area contributed by atoms with Gasteiger partial charge in [-0.2, -0.15) is 0 Å². The summed E-state index contributed by atoms with van der Waals surface area (Å²) >= 11 is 0. The van der Waals surface area contributed by atoms with Crippen LogP contribution in [0.5, 0.6) is 0 Å². The summed E-state index contributed by atoms with van der Waals surface area (Å²) in [6.45, 7) is 9.05. The molecule has 34 heavy (non-hydrogen) atoms. The van der Waals surface area contributed by atoms with Gasteiger partial charge in [0, 0.05) is 24.5 Å². The molecule has 0 radical (unpaired) electrons. The number of unbranched alkanes of at least 4 members (excludes halogenated alkanes) is 4. The zero-order valence-corrected chi connectivity index (χ0v) is 21.7. The predicted molar refractivity (Wildman–Crippen MR) is 140 cm³/mol. The summed E-state index contributed by atoms with van der Waals surface area (Å²) in [6, 6.07) is 6.91. The highest BCUT2D eigenvalue weighted by molar-refractivity contribution is 5.88. The van der Waals surface area contributed by atoms with Crippen molar-refractivity contribution in [3.8, 4) is 0 Å². The minimum Gasteiger partial charge on any atom is -0.449 e. The van der Waals surface area contributed by atoms with Crippen LogP contribution in [0, 0.1) is 0 Å². The number of amides is 2. The number of carbonyl (C=O) groups excluding carboxylic acids is 2. The van der Waals surface area contributed by atoms with Gasteiger partial charge in [-0.05, 0) is 71.1 Å². The Hall–Kier alpha value is -2.32. The first-order valence-corrected chi connectivity index (χ1v) is 12.8. The van der Waals surface area contributed by atoms with Crippen molar-refractivity contribution < 1.29 is 19.1 Å². The molecule has 194 valence electrons. The van der Waals surface area contributed by atoms with Crippen LogP contribution in [0.15, 0.2) is 24.3 Å². The number of carbonyl (C=O) groups is 2. The predicted octanol–water partition coefficient (Wildman–Crippen LogP) is 5.81. The van der Waals surface area contributed by atoms with E-state index in [1.54, 1.807) is 24.3 Å². The van der Waals surface area contributed by atoms with E-state index in [0.717, 1.165) is 39.0 Å². The highest BCUT2D eigenvalue weighted by Crippen LogP contribution is 2.15. The van der Waals surface area contributed by atoms with Gasteiger partial charge < -0.3 is 19.3 Å². The van der Waals surface area contributed by atoms with Crippen LogP contribution in [0.1, 0.15) is 65.2 Å². The van der Waals surface area contributed by atoms with Crippen LogP contribution in [0.3, 0.4) is 0 Å². The summed E-state index contributed by atoms with van der Waals surface area (Å²) in [5, 5.41) is 5.40. The number of anilines is 2. The number of ether oxygens (including phenoxy) is 2. The van der Waals surface area contributed by atoms with E-state index in [4.69, 9.17) is 9.47 Å². The molecule has 0 bridgehead atoms. The molecule has 8 heteroatoms. The van der Waals surface area contributed by atoms with Crippen molar-refractivity contribution in [2.24, 2.45) is 0 Å². The molecular formula is C26H46N4O4. The molecule has 1 aromatic carbocycles. The maximum atomic E-state index is 12.1. The summed E-state index contributed by atoms with van der Waals surface area (Å²) in [5.41, 5.74) is 1.10. The molecular weight excluding hydrogens is 432 g/mol. The number of benzene rings is 1. The minimum atomic E-state index is -0.503. The quantitative estimate of drug-likeness (QED) is 0.259. The molecule has 0 aliphatic carbocycles. The van der Waals surface area contributed by atoms with Crippen LogP contribution in [0.2, 0.25) is 0 Å². The number of hydrogen-bond acceptors (Lipinski definition) is 6. The van der Waals surface area contributed by atoms with Gasteiger partial charge in [-0.25, -0.2) is 9.59 Å². The van der Waals surface area contributed by atoms with Gasteiger partial charge >= 0.3 is 12.2 Å². The largest absolute Gasteiger partial charge is 0.449 e. The first-order valence-electron chi connectivity index (χ1n) is 12.8. The van der Waals surface area contributed by atoms with E-state index in [9.17, 15) is 9.59 Å². The number of hydrogen-bond donors (Lipinski definition) is 2. The van der Waals surface area contributed by atoms with Crippen molar-refractivity contribution in [2.45, 2.75) is 65.2 Å².